The van der Waals surface area contributed by atoms with Crippen LogP contribution in [0.1, 0.15) is 39.0 Å². The van der Waals surface area contributed by atoms with Crippen LogP contribution in [0.3, 0.4) is 0 Å². The highest BCUT2D eigenvalue weighted by molar-refractivity contribution is 7.97. The lowest BCUT2D eigenvalue weighted by Gasteiger charge is -2.54. The topological polar surface area (TPSA) is 43.4 Å². The standard InChI is InChI=1S/C18H15S.C13H16F2O3/c1-4-10-16(11-5-1)19(17-12-6-2-7-13-17)18-14-8-3-9-15-18;1-12(14,15)11(17)18-13-4-7-2-8(5-13)10(16)9(3-7)6-13/h1-15H;7-9H,2-6H2,1H3/q+1;. The summed E-state index contributed by atoms with van der Waals surface area (Å²) in [7, 11) is -0.0146. The van der Waals surface area contributed by atoms with Gasteiger partial charge in [0.15, 0.2) is 14.7 Å². The molecule has 4 bridgehead atoms. The molecule has 2 unspecified atom stereocenters. The quantitative estimate of drug-likeness (QED) is 0.265. The van der Waals surface area contributed by atoms with Gasteiger partial charge in [-0.1, -0.05) is 54.6 Å². The van der Waals surface area contributed by atoms with E-state index in [9.17, 15) is 18.4 Å². The fourth-order valence-electron chi connectivity index (χ4n) is 6.16. The van der Waals surface area contributed by atoms with Crippen LogP contribution in [0.25, 0.3) is 0 Å². The minimum Gasteiger partial charge on any atom is -0.455 e. The molecule has 0 saturated heterocycles. The van der Waals surface area contributed by atoms with Crippen molar-refractivity contribution in [3.8, 4) is 0 Å². The third kappa shape index (κ3) is 5.64. The zero-order valence-electron chi connectivity index (χ0n) is 20.8. The maximum absolute atomic E-state index is 12.9. The first-order valence-corrected chi connectivity index (χ1v) is 14.0. The molecular formula is C31H31F2O3S+. The van der Waals surface area contributed by atoms with Crippen molar-refractivity contribution < 1.29 is 23.1 Å². The second kappa shape index (κ2) is 10.4. The highest BCUT2D eigenvalue weighted by atomic mass is 32.2. The zero-order chi connectivity index (χ0) is 26.0. The largest absolute Gasteiger partial charge is 0.455 e. The molecular weight excluding hydrogens is 490 g/mol. The molecule has 0 amide bonds. The van der Waals surface area contributed by atoms with Crippen molar-refractivity contribution >= 4 is 22.6 Å². The Bertz CT molecular complexity index is 1120. The van der Waals surface area contributed by atoms with Crippen LogP contribution < -0.4 is 0 Å². The summed E-state index contributed by atoms with van der Waals surface area (Å²) in [5.74, 6) is -4.44. The second-order valence-electron chi connectivity index (χ2n) is 10.5. The van der Waals surface area contributed by atoms with Gasteiger partial charge in [-0.2, -0.15) is 8.78 Å². The molecule has 7 rings (SSSR count). The van der Waals surface area contributed by atoms with Crippen LogP contribution in [0, 0.1) is 17.8 Å². The van der Waals surface area contributed by atoms with E-state index in [-0.39, 0.29) is 28.5 Å². The number of hydrogen-bond donors (Lipinski definition) is 0. The first-order valence-electron chi connectivity index (χ1n) is 12.8. The van der Waals surface area contributed by atoms with Crippen molar-refractivity contribution in [1.82, 2.24) is 0 Å². The lowest BCUT2D eigenvalue weighted by Crippen LogP contribution is -2.57. The Balaban J connectivity index is 0.000000152. The molecule has 0 spiro atoms. The number of ether oxygens (including phenoxy) is 1. The first kappa shape index (κ1) is 25.7. The predicted molar refractivity (Wildman–Crippen MR) is 139 cm³/mol. The average Bonchev–Trinajstić information content (AvgIpc) is 2.88. The van der Waals surface area contributed by atoms with Crippen LogP contribution in [-0.2, 0) is 25.2 Å². The minimum absolute atomic E-state index is 0.0146. The number of rotatable bonds is 5. The molecule has 4 aliphatic rings. The number of Topliss-reactive ketones (excluding diaryl/α,β-unsaturated/α-hetero) is 1. The fraction of sp³-hybridized carbons (Fsp3) is 0.355. The van der Waals surface area contributed by atoms with Crippen LogP contribution in [0.15, 0.2) is 106 Å². The first-order chi connectivity index (χ1) is 17.7. The summed E-state index contributed by atoms with van der Waals surface area (Å²) in [5.41, 5.74) is -0.791. The molecule has 3 aromatic rings. The molecule has 4 saturated carbocycles. The predicted octanol–water partition coefficient (Wildman–Crippen LogP) is 7.11. The van der Waals surface area contributed by atoms with Gasteiger partial charge in [-0.3, -0.25) is 4.79 Å². The van der Waals surface area contributed by atoms with E-state index in [2.05, 4.69) is 91.0 Å². The lowest BCUT2D eigenvalue weighted by molar-refractivity contribution is -0.207. The van der Waals surface area contributed by atoms with Gasteiger partial charge in [0.25, 0.3) is 0 Å². The van der Waals surface area contributed by atoms with Gasteiger partial charge < -0.3 is 4.74 Å². The van der Waals surface area contributed by atoms with E-state index < -0.39 is 17.5 Å². The van der Waals surface area contributed by atoms with Crippen LogP contribution in [0.5, 0.6) is 0 Å². The van der Waals surface area contributed by atoms with Gasteiger partial charge in [-0.15, -0.1) is 0 Å². The van der Waals surface area contributed by atoms with Gasteiger partial charge in [0.05, 0.1) is 10.9 Å². The molecule has 0 aromatic heterocycles. The monoisotopic (exact) mass is 521 g/mol. The Morgan fingerprint density at radius 2 is 1.19 bits per heavy atom. The zero-order valence-corrected chi connectivity index (χ0v) is 21.6. The summed E-state index contributed by atoms with van der Waals surface area (Å²) in [5, 5.41) is 0. The van der Waals surface area contributed by atoms with Gasteiger partial charge in [0.2, 0.25) is 0 Å². The molecule has 3 nitrogen and oxygen atoms in total. The van der Waals surface area contributed by atoms with Crippen LogP contribution in [0.2, 0.25) is 0 Å². The van der Waals surface area contributed by atoms with E-state index in [0.29, 0.717) is 32.1 Å². The number of carbonyl (C=O) groups excluding carboxylic acids is 2. The van der Waals surface area contributed by atoms with Crippen molar-refractivity contribution in [3.63, 3.8) is 0 Å². The number of esters is 1. The molecule has 192 valence electrons. The third-order valence-electron chi connectivity index (χ3n) is 7.54. The molecule has 4 fully saturated rings. The van der Waals surface area contributed by atoms with Crippen molar-refractivity contribution in [3.05, 3.63) is 91.0 Å². The minimum atomic E-state index is -3.45. The highest BCUT2D eigenvalue weighted by Gasteiger charge is 2.58. The maximum Gasteiger partial charge on any atom is 0.377 e. The number of halogens is 2. The van der Waals surface area contributed by atoms with Gasteiger partial charge in [0, 0.05) is 18.8 Å². The molecule has 0 aliphatic heterocycles. The highest BCUT2D eigenvalue weighted by Crippen LogP contribution is 2.55. The second-order valence-corrected chi connectivity index (χ2v) is 12.5. The lowest BCUT2D eigenvalue weighted by atomic mass is 9.53. The summed E-state index contributed by atoms with van der Waals surface area (Å²) < 4.78 is 31.0. The Hall–Kier alpha value is -2.99. The molecule has 3 aromatic carbocycles. The summed E-state index contributed by atoms with van der Waals surface area (Å²) >= 11 is 0. The van der Waals surface area contributed by atoms with E-state index in [4.69, 9.17) is 4.74 Å². The van der Waals surface area contributed by atoms with Crippen molar-refractivity contribution in [2.75, 3.05) is 0 Å². The van der Waals surface area contributed by atoms with Crippen molar-refractivity contribution in [2.24, 2.45) is 17.8 Å². The normalized spacial score (nSPS) is 25.9. The van der Waals surface area contributed by atoms with E-state index in [1.165, 1.54) is 14.7 Å². The smallest absolute Gasteiger partial charge is 0.377 e. The third-order valence-corrected chi connectivity index (χ3v) is 9.77. The van der Waals surface area contributed by atoms with Crippen molar-refractivity contribution in [1.29, 1.82) is 0 Å². The Kier molecular flexibility index (Phi) is 7.21. The van der Waals surface area contributed by atoms with Gasteiger partial charge >= 0.3 is 11.9 Å². The molecule has 37 heavy (non-hydrogen) atoms. The number of hydrogen-bond acceptors (Lipinski definition) is 3. The van der Waals surface area contributed by atoms with Crippen molar-refractivity contribution in [2.45, 2.75) is 65.2 Å². The van der Waals surface area contributed by atoms with Crippen LogP contribution in [0.4, 0.5) is 8.78 Å². The van der Waals surface area contributed by atoms with Crippen LogP contribution in [-0.4, -0.2) is 23.3 Å². The van der Waals surface area contributed by atoms with Gasteiger partial charge in [0.1, 0.15) is 11.4 Å². The maximum atomic E-state index is 12.9. The Morgan fingerprint density at radius 1 is 0.784 bits per heavy atom. The Morgan fingerprint density at radius 3 is 1.57 bits per heavy atom. The SMILES string of the molecule is CC(F)(F)C(=O)OC12CC3CC(C1)C(=O)C(C3)C2.c1ccc([S+](c2ccccc2)c2ccccc2)cc1. The molecule has 6 heteroatoms. The van der Waals surface area contributed by atoms with Crippen LogP contribution >= 0.6 is 0 Å². The fourth-order valence-corrected chi connectivity index (χ4v) is 8.27. The van der Waals surface area contributed by atoms with E-state index >= 15 is 0 Å². The Labute approximate surface area is 219 Å². The van der Waals surface area contributed by atoms with E-state index in [1.807, 2.05) is 0 Å². The van der Waals surface area contributed by atoms with Gasteiger partial charge in [-0.25, -0.2) is 4.79 Å². The molecule has 0 radical (unpaired) electrons. The van der Waals surface area contributed by atoms with E-state index in [0.717, 1.165) is 12.8 Å². The number of benzene rings is 3. The molecule has 4 aliphatic carbocycles. The summed E-state index contributed by atoms with van der Waals surface area (Å²) in [4.78, 5) is 27.4. The molecule has 0 N–H and O–H groups in total. The summed E-state index contributed by atoms with van der Waals surface area (Å²) in [6.45, 7) is 0.557. The van der Waals surface area contributed by atoms with Gasteiger partial charge in [-0.05, 0) is 74.4 Å². The summed E-state index contributed by atoms with van der Waals surface area (Å²) in [6, 6.07) is 32.2. The summed E-state index contributed by atoms with van der Waals surface area (Å²) in [6.07, 6.45) is 3.23. The number of alkyl halides is 2. The average molecular weight is 522 g/mol. The molecule has 0 heterocycles. The van der Waals surface area contributed by atoms with E-state index in [1.54, 1.807) is 0 Å². The molecule has 2 atom stereocenters. The number of carbonyl (C=O) groups is 2. The number of ketones is 1.